The van der Waals surface area contributed by atoms with Crippen molar-refractivity contribution in [2.75, 3.05) is 11.9 Å². The van der Waals surface area contributed by atoms with Crippen LogP contribution < -0.4 is 11.1 Å². The van der Waals surface area contributed by atoms with Crippen LogP contribution >= 0.6 is 0 Å². The fourth-order valence-electron chi connectivity index (χ4n) is 3.76. The molecule has 0 spiro atoms. The molecule has 8 nitrogen and oxygen atoms in total. The summed E-state index contributed by atoms with van der Waals surface area (Å²) in [5.74, 6) is 0.311. The van der Waals surface area contributed by atoms with E-state index in [-0.39, 0.29) is 24.3 Å². The summed E-state index contributed by atoms with van der Waals surface area (Å²) < 4.78 is 3.17. The quantitative estimate of drug-likeness (QED) is 0.681. The van der Waals surface area contributed by atoms with Crippen molar-refractivity contribution in [2.45, 2.75) is 39.2 Å². The molecule has 0 radical (unpaired) electrons. The number of para-hydroxylation sites is 1. The minimum Gasteiger partial charge on any atom is -0.330 e. The summed E-state index contributed by atoms with van der Waals surface area (Å²) in [6.45, 7) is 2.50. The van der Waals surface area contributed by atoms with E-state index < -0.39 is 0 Å². The number of amides is 1. The average Bonchev–Trinajstić information content (AvgIpc) is 3.16. The summed E-state index contributed by atoms with van der Waals surface area (Å²) in [6.07, 6.45) is 5.24. The van der Waals surface area contributed by atoms with Crippen LogP contribution in [0.1, 0.15) is 35.3 Å². The van der Waals surface area contributed by atoms with Crippen molar-refractivity contribution in [2.24, 2.45) is 11.7 Å². The smallest absolute Gasteiger partial charge is 0.253 e. The van der Waals surface area contributed by atoms with Gasteiger partial charge in [-0.05, 0) is 44.4 Å². The molecule has 0 atom stereocenters. The number of nitrogens with one attached hydrogen (secondary N) is 1. The molecule has 2 aromatic heterocycles. The average molecular weight is 380 g/mol. The number of carbonyl (C=O) groups excluding carboxylic acids is 2. The van der Waals surface area contributed by atoms with Crippen LogP contribution in [-0.2, 0) is 17.8 Å². The molecular weight excluding hydrogens is 356 g/mol. The van der Waals surface area contributed by atoms with Crippen LogP contribution in [0.25, 0.3) is 10.9 Å². The third kappa shape index (κ3) is 3.31. The second-order valence-corrected chi connectivity index (χ2v) is 7.27. The predicted molar refractivity (Wildman–Crippen MR) is 106 cm³/mol. The van der Waals surface area contributed by atoms with E-state index in [0.29, 0.717) is 18.8 Å². The summed E-state index contributed by atoms with van der Waals surface area (Å²) in [5, 5.41) is 11.8. The molecule has 0 aliphatic heterocycles. The first-order valence-electron chi connectivity index (χ1n) is 9.61. The fourth-order valence-corrected chi connectivity index (χ4v) is 3.76. The highest BCUT2D eigenvalue weighted by molar-refractivity contribution is 5.96. The van der Waals surface area contributed by atoms with Gasteiger partial charge in [0, 0.05) is 17.0 Å². The SMILES string of the molecule is Cc1c(CCN)c2ccccc2n1C(=O)Cn1cc(NC(=O)C2CCC2)nn1. The van der Waals surface area contributed by atoms with E-state index in [1.54, 1.807) is 10.8 Å². The Morgan fingerprint density at radius 2 is 2.07 bits per heavy atom. The minimum atomic E-state index is -0.112. The van der Waals surface area contributed by atoms with Gasteiger partial charge in [-0.3, -0.25) is 14.2 Å². The number of carbonyl (C=O) groups is 2. The molecule has 3 N–H and O–H groups in total. The summed E-state index contributed by atoms with van der Waals surface area (Å²) in [4.78, 5) is 25.1. The molecule has 0 unspecified atom stereocenters. The van der Waals surface area contributed by atoms with Gasteiger partial charge in [0.15, 0.2) is 5.82 Å². The van der Waals surface area contributed by atoms with E-state index in [1.165, 1.54) is 4.68 Å². The molecule has 1 fully saturated rings. The van der Waals surface area contributed by atoms with Crippen LogP contribution in [0.5, 0.6) is 0 Å². The van der Waals surface area contributed by atoms with Crippen LogP contribution in [0.2, 0.25) is 0 Å². The lowest BCUT2D eigenvalue weighted by atomic mass is 9.85. The maximum Gasteiger partial charge on any atom is 0.253 e. The van der Waals surface area contributed by atoms with Crippen molar-refractivity contribution in [3.8, 4) is 0 Å². The first kappa shape index (κ1) is 18.4. The Labute approximate surface area is 162 Å². The molecule has 1 aromatic carbocycles. The zero-order chi connectivity index (χ0) is 19.7. The highest BCUT2D eigenvalue weighted by atomic mass is 16.2. The van der Waals surface area contributed by atoms with Crippen LogP contribution in [0.3, 0.4) is 0 Å². The lowest BCUT2D eigenvalue weighted by molar-refractivity contribution is -0.122. The number of hydrogen-bond donors (Lipinski definition) is 2. The first-order valence-corrected chi connectivity index (χ1v) is 9.61. The Balaban J connectivity index is 1.54. The van der Waals surface area contributed by atoms with E-state index in [0.717, 1.165) is 41.4 Å². The largest absolute Gasteiger partial charge is 0.330 e. The molecule has 1 amide bonds. The predicted octanol–water partition coefficient (Wildman–Crippen LogP) is 2.12. The molecule has 28 heavy (non-hydrogen) atoms. The Bertz CT molecular complexity index is 1030. The molecule has 0 saturated heterocycles. The van der Waals surface area contributed by atoms with Crippen molar-refractivity contribution < 1.29 is 9.59 Å². The molecule has 0 bridgehead atoms. The van der Waals surface area contributed by atoms with Crippen molar-refractivity contribution in [3.63, 3.8) is 0 Å². The zero-order valence-corrected chi connectivity index (χ0v) is 15.9. The van der Waals surface area contributed by atoms with E-state index >= 15 is 0 Å². The monoisotopic (exact) mass is 380 g/mol. The number of nitrogens with two attached hydrogens (primary N) is 1. The second-order valence-electron chi connectivity index (χ2n) is 7.27. The Morgan fingerprint density at radius 1 is 1.29 bits per heavy atom. The Morgan fingerprint density at radius 3 is 2.79 bits per heavy atom. The fraction of sp³-hybridized carbons (Fsp3) is 0.400. The number of aromatic nitrogens is 4. The number of fused-ring (bicyclic) bond motifs is 1. The first-order chi connectivity index (χ1) is 13.6. The molecule has 4 rings (SSSR count). The molecule has 1 aliphatic carbocycles. The number of rotatable bonds is 6. The van der Waals surface area contributed by atoms with Gasteiger partial charge in [-0.25, -0.2) is 4.68 Å². The van der Waals surface area contributed by atoms with Gasteiger partial charge in [0.2, 0.25) is 5.91 Å². The molecule has 146 valence electrons. The van der Waals surface area contributed by atoms with Gasteiger partial charge in [-0.1, -0.05) is 29.8 Å². The normalized spacial score (nSPS) is 14.2. The van der Waals surface area contributed by atoms with Gasteiger partial charge < -0.3 is 11.1 Å². The molecule has 3 aromatic rings. The maximum absolute atomic E-state index is 13.0. The van der Waals surface area contributed by atoms with E-state index in [9.17, 15) is 9.59 Å². The zero-order valence-electron chi connectivity index (χ0n) is 15.9. The van der Waals surface area contributed by atoms with Crippen molar-refractivity contribution in [1.82, 2.24) is 19.6 Å². The van der Waals surface area contributed by atoms with Gasteiger partial charge in [0.25, 0.3) is 5.91 Å². The van der Waals surface area contributed by atoms with Crippen LogP contribution in [0.15, 0.2) is 30.5 Å². The van der Waals surface area contributed by atoms with Gasteiger partial charge >= 0.3 is 0 Å². The second kappa shape index (κ2) is 7.55. The third-order valence-electron chi connectivity index (χ3n) is 5.45. The van der Waals surface area contributed by atoms with E-state index in [2.05, 4.69) is 15.6 Å². The third-order valence-corrected chi connectivity index (χ3v) is 5.45. The molecule has 8 heteroatoms. The molecular formula is C20H24N6O2. The highest BCUT2D eigenvalue weighted by Crippen LogP contribution is 2.28. The lowest BCUT2D eigenvalue weighted by Crippen LogP contribution is -2.28. The molecule has 1 saturated carbocycles. The number of hydrogen-bond acceptors (Lipinski definition) is 5. The summed E-state index contributed by atoms with van der Waals surface area (Å²) in [5.41, 5.74) is 8.62. The minimum absolute atomic E-state index is 0.0247. The van der Waals surface area contributed by atoms with Crippen molar-refractivity contribution >= 4 is 28.5 Å². The number of benzene rings is 1. The van der Waals surface area contributed by atoms with Gasteiger partial charge in [-0.2, -0.15) is 0 Å². The molecule has 2 heterocycles. The van der Waals surface area contributed by atoms with Gasteiger partial charge in [-0.15, -0.1) is 5.10 Å². The van der Waals surface area contributed by atoms with E-state index in [1.807, 2.05) is 31.2 Å². The number of nitrogens with zero attached hydrogens (tertiary/aromatic N) is 4. The lowest BCUT2D eigenvalue weighted by Gasteiger charge is -2.23. The highest BCUT2D eigenvalue weighted by Gasteiger charge is 2.26. The summed E-state index contributed by atoms with van der Waals surface area (Å²) >= 11 is 0. The molecule has 1 aliphatic rings. The van der Waals surface area contributed by atoms with Crippen molar-refractivity contribution in [1.29, 1.82) is 0 Å². The maximum atomic E-state index is 13.0. The van der Waals surface area contributed by atoms with Gasteiger partial charge in [0.1, 0.15) is 6.54 Å². The van der Waals surface area contributed by atoms with Crippen LogP contribution in [0, 0.1) is 12.8 Å². The summed E-state index contributed by atoms with van der Waals surface area (Å²) in [6, 6.07) is 7.83. The van der Waals surface area contributed by atoms with Crippen LogP contribution in [-0.4, -0.2) is 37.9 Å². The Hall–Kier alpha value is -3.00. The summed E-state index contributed by atoms with van der Waals surface area (Å²) in [7, 11) is 0. The Kier molecular flexibility index (Phi) is 4.95. The number of anilines is 1. The van der Waals surface area contributed by atoms with Crippen LogP contribution in [0.4, 0.5) is 5.82 Å². The van der Waals surface area contributed by atoms with Gasteiger partial charge in [0.05, 0.1) is 11.7 Å². The standard InChI is InChI=1S/C20H24N6O2/c1-13-15(9-10-21)16-7-2-3-8-17(16)26(13)19(27)12-25-11-18(23-24-25)22-20(28)14-5-4-6-14/h2-3,7-8,11,14H,4-6,9-10,12,21H2,1H3,(H,22,28). The van der Waals surface area contributed by atoms with E-state index in [4.69, 9.17) is 5.73 Å². The topological polar surface area (TPSA) is 108 Å². The van der Waals surface area contributed by atoms with Crippen molar-refractivity contribution in [3.05, 3.63) is 41.7 Å².